The molecule has 2 aliphatic rings. The molecular formula is C61H43N3. The third-order valence-electron chi connectivity index (χ3n) is 13.7. The molecule has 3 nitrogen and oxygen atoms in total. The van der Waals surface area contributed by atoms with Gasteiger partial charge in [-0.3, -0.25) is 0 Å². The number of fused-ring (bicyclic) bond motifs is 9. The fraction of sp³-hybridized carbons (Fsp3) is 0.0656. The second kappa shape index (κ2) is 14.8. The Hall–Kier alpha value is -8.01. The van der Waals surface area contributed by atoms with Crippen LogP contribution in [0.5, 0.6) is 0 Å². The Morgan fingerprint density at radius 3 is 1.02 bits per heavy atom. The molecule has 302 valence electrons. The second-order valence-electron chi connectivity index (χ2n) is 17.5. The standard InChI is InChI=1S/C61H43N3/c1-60(2)53-21-11-13-23-55(53)61(56-24-14-12-22-54(56)60)51-20-10-9-19-49(51)50-39-48(37-38-52(50)61)44-29-35-47(36-30-44)59-63-57(45-31-25-42(26-32-45)40-15-5-3-6-16-40)62-58(64-59)46-33-27-43(28-34-46)41-17-7-4-8-18-41/h3-39H,1-2H3. The molecule has 0 saturated carbocycles. The summed E-state index contributed by atoms with van der Waals surface area (Å²) in [5.41, 5.74) is 20.0. The molecule has 9 aromatic carbocycles. The first-order valence-electron chi connectivity index (χ1n) is 22.1. The lowest BCUT2D eigenvalue weighted by molar-refractivity contribution is 0.563. The van der Waals surface area contributed by atoms with Gasteiger partial charge >= 0.3 is 0 Å². The van der Waals surface area contributed by atoms with Crippen molar-refractivity contribution in [3.05, 3.63) is 258 Å². The van der Waals surface area contributed by atoms with Gasteiger partial charge in [0, 0.05) is 22.1 Å². The maximum absolute atomic E-state index is 5.11. The first kappa shape index (κ1) is 37.7. The summed E-state index contributed by atoms with van der Waals surface area (Å²) in [6.07, 6.45) is 0. The number of hydrogen-bond donors (Lipinski definition) is 0. The summed E-state index contributed by atoms with van der Waals surface area (Å²) in [7, 11) is 0. The summed E-state index contributed by atoms with van der Waals surface area (Å²) in [5, 5.41) is 0. The van der Waals surface area contributed by atoms with Gasteiger partial charge in [-0.05, 0) is 84.0 Å². The highest BCUT2D eigenvalue weighted by Gasteiger charge is 2.53. The normalized spacial score (nSPS) is 13.7. The maximum Gasteiger partial charge on any atom is 0.164 e. The third-order valence-corrected chi connectivity index (χ3v) is 13.7. The quantitative estimate of drug-likeness (QED) is 0.168. The minimum atomic E-state index is -0.408. The van der Waals surface area contributed by atoms with Crippen molar-refractivity contribution in [1.82, 2.24) is 15.0 Å². The number of benzene rings is 9. The van der Waals surface area contributed by atoms with Gasteiger partial charge in [0.25, 0.3) is 0 Å². The van der Waals surface area contributed by atoms with Gasteiger partial charge in [0.15, 0.2) is 17.5 Å². The van der Waals surface area contributed by atoms with Crippen molar-refractivity contribution < 1.29 is 0 Å². The third kappa shape index (κ3) is 5.92. The molecule has 2 aliphatic carbocycles. The summed E-state index contributed by atoms with van der Waals surface area (Å²) in [6.45, 7) is 4.74. The molecule has 1 heterocycles. The summed E-state index contributed by atoms with van der Waals surface area (Å²) in [5.74, 6) is 1.90. The Balaban J connectivity index is 0.942. The first-order valence-corrected chi connectivity index (χ1v) is 22.1. The molecule has 10 aromatic rings. The highest BCUT2D eigenvalue weighted by molar-refractivity contribution is 5.91. The van der Waals surface area contributed by atoms with Gasteiger partial charge in [0.2, 0.25) is 0 Å². The van der Waals surface area contributed by atoms with Crippen molar-refractivity contribution >= 4 is 0 Å². The minimum absolute atomic E-state index is 0.127. The molecule has 0 atom stereocenters. The highest BCUT2D eigenvalue weighted by atomic mass is 15.0. The second-order valence-corrected chi connectivity index (χ2v) is 17.5. The fourth-order valence-electron chi connectivity index (χ4n) is 10.5. The summed E-state index contributed by atoms with van der Waals surface area (Å²) in [4.78, 5) is 15.3. The zero-order chi connectivity index (χ0) is 42.8. The smallest absolute Gasteiger partial charge is 0.164 e. The zero-order valence-electron chi connectivity index (χ0n) is 35.7. The summed E-state index contributed by atoms with van der Waals surface area (Å²) >= 11 is 0. The van der Waals surface area contributed by atoms with E-state index in [9.17, 15) is 0 Å². The molecular weight excluding hydrogens is 775 g/mol. The molecule has 1 spiro atoms. The van der Waals surface area contributed by atoms with E-state index in [0.29, 0.717) is 17.5 Å². The lowest BCUT2D eigenvalue weighted by Gasteiger charge is -2.46. The van der Waals surface area contributed by atoms with Gasteiger partial charge in [-0.25, -0.2) is 15.0 Å². The molecule has 0 saturated heterocycles. The predicted molar refractivity (Wildman–Crippen MR) is 262 cm³/mol. The van der Waals surface area contributed by atoms with E-state index in [1.165, 1.54) is 61.2 Å². The van der Waals surface area contributed by atoms with Crippen molar-refractivity contribution in [2.45, 2.75) is 24.7 Å². The van der Waals surface area contributed by atoms with E-state index in [0.717, 1.165) is 33.4 Å². The van der Waals surface area contributed by atoms with Crippen LogP contribution < -0.4 is 0 Å². The lowest BCUT2D eigenvalue weighted by Crippen LogP contribution is -2.40. The van der Waals surface area contributed by atoms with Gasteiger partial charge in [-0.15, -0.1) is 0 Å². The molecule has 3 heteroatoms. The van der Waals surface area contributed by atoms with Crippen LogP contribution in [-0.2, 0) is 10.8 Å². The summed E-state index contributed by atoms with van der Waals surface area (Å²) in [6, 6.07) is 80.9. The Morgan fingerprint density at radius 1 is 0.250 bits per heavy atom. The molecule has 0 radical (unpaired) electrons. The Bertz CT molecular complexity index is 3220. The van der Waals surface area contributed by atoms with E-state index >= 15 is 0 Å². The van der Waals surface area contributed by atoms with E-state index in [1.807, 2.05) is 12.1 Å². The minimum Gasteiger partial charge on any atom is -0.208 e. The number of nitrogens with zero attached hydrogens (tertiary/aromatic N) is 3. The van der Waals surface area contributed by atoms with Crippen molar-refractivity contribution in [3.8, 4) is 78.7 Å². The number of hydrogen-bond acceptors (Lipinski definition) is 3. The van der Waals surface area contributed by atoms with Crippen molar-refractivity contribution in [2.75, 3.05) is 0 Å². The van der Waals surface area contributed by atoms with Crippen LogP contribution in [0.3, 0.4) is 0 Å². The van der Waals surface area contributed by atoms with Crippen LogP contribution in [0, 0.1) is 0 Å². The van der Waals surface area contributed by atoms with Gasteiger partial charge in [0.1, 0.15) is 0 Å². The average molecular weight is 818 g/mol. The molecule has 1 aromatic heterocycles. The largest absolute Gasteiger partial charge is 0.208 e. The molecule has 0 N–H and O–H groups in total. The van der Waals surface area contributed by atoms with Gasteiger partial charge < -0.3 is 0 Å². The van der Waals surface area contributed by atoms with Crippen LogP contribution in [0.1, 0.15) is 47.2 Å². The van der Waals surface area contributed by atoms with E-state index < -0.39 is 5.41 Å². The van der Waals surface area contributed by atoms with Crippen LogP contribution in [0.4, 0.5) is 0 Å². The van der Waals surface area contributed by atoms with Gasteiger partial charge in [-0.1, -0.05) is 232 Å². The zero-order valence-corrected chi connectivity index (χ0v) is 35.7. The maximum atomic E-state index is 5.11. The Morgan fingerprint density at radius 2 is 0.562 bits per heavy atom. The van der Waals surface area contributed by atoms with Crippen molar-refractivity contribution in [2.24, 2.45) is 0 Å². The van der Waals surface area contributed by atoms with Crippen molar-refractivity contribution in [1.29, 1.82) is 0 Å². The monoisotopic (exact) mass is 817 g/mol. The molecule has 0 amide bonds. The van der Waals surface area contributed by atoms with E-state index in [1.54, 1.807) is 0 Å². The van der Waals surface area contributed by atoms with Crippen LogP contribution in [0.25, 0.3) is 78.7 Å². The predicted octanol–water partition coefficient (Wildman–Crippen LogP) is 14.9. The molecule has 12 rings (SSSR count). The van der Waals surface area contributed by atoms with E-state index in [4.69, 9.17) is 15.0 Å². The van der Waals surface area contributed by atoms with Gasteiger partial charge in [-0.2, -0.15) is 0 Å². The number of rotatable bonds is 6. The van der Waals surface area contributed by atoms with Crippen LogP contribution in [0.2, 0.25) is 0 Å². The SMILES string of the molecule is CC1(C)c2ccccc2C2(c3ccccc3-c3cc(-c4ccc(-c5nc(-c6ccc(-c7ccccc7)cc6)nc(-c6ccc(-c7ccccc7)cc6)n5)cc4)ccc32)c2ccccc21. The Kier molecular flexibility index (Phi) is 8.74. The van der Waals surface area contributed by atoms with E-state index in [-0.39, 0.29) is 5.41 Å². The molecule has 0 aliphatic heterocycles. The van der Waals surface area contributed by atoms with Crippen LogP contribution in [0.15, 0.2) is 224 Å². The topological polar surface area (TPSA) is 38.7 Å². The summed E-state index contributed by atoms with van der Waals surface area (Å²) < 4.78 is 0. The van der Waals surface area contributed by atoms with E-state index in [2.05, 4.69) is 226 Å². The highest BCUT2D eigenvalue weighted by Crippen LogP contribution is 2.62. The van der Waals surface area contributed by atoms with Crippen LogP contribution >= 0.6 is 0 Å². The number of aromatic nitrogens is 3. The lowest BCUT2D eigenvalue weighted by atomic mass is 9.55. The molecule has 0 unspecified atom stereocenters. The molecule has 0 fully saturated rings. The Labute approximate surface area is 374 Å². The first-order chi connectivity index (χ1) is 31.5. The average Bonchev–Trinajstić information content (AvgIpc) is 3.66. The molecule has 64 heavy (non-hydrogen) atoms. The van der Waals surface area contributed by atoms with Crippen molar-refractivity contribution in [3.63, 3.8) is 0 Å². The fourth-order valence-corrected chi connectivity index (χ4v) is 10.5. The van der Waals surface area contributed by atoms with Crippen LogP contribution in [-0.4, -0.2) is 15.0 Å². The molecule has 0 bridgehead atoms. The van der Waals surface area contributed by atoms with Gasteiger partial charge in [0.05, 0.1) is 5.41 Å².